The van der Waals surface area contributed by atoms with Crippen LogP contribution in [-0.4, -0.2) is 56.7 Å². The highest BCUT2D eigenvalue weighted by molar-refractivity contribution is 7.97. The molecule has 0 saturated carbocycles. The van der Waals surface area contributed by atoms with E-state index in [0.717, 1.165) is 10.6 Å². The Kier molecular flexibility index (Phi) is 4.32. The number of nitrogens with zero attached hydrogens (tertiary/aromatic N) is 2. The first-order chi connectivity index (χ1) is 12.1. The Morgan fingerprint density at radius 3 is 3.04 bits per heavy atom. The van der Waals surface area contributed by atoms with Gasteiger partial charge in [-0.15, -0.1) is 0 Å². The van der Waals surface area contributed by atoms with Crippen LogP contribution >= 0.6 is 11.9 Å². The standard InChI is InChI=1S/C15H16BN3O5S/c20-15(21)13-11(2-1-9-3-4-16(22)24-14(9)13)23-10-6-19(7-10)25-12-5-17-8-18-12/h1-2,5,8,10,22H,3-4,6-7H2,(H,17,18)(H,20,21). The summed E-state index contributed by atoms with van der Waals surface area (Å²) >= 11 is 1.55. The number of fused-ring (bicyclic) bond motifs is 1. The number of H-pyrrole nitrogens is 1. The van der Waals surface area contributed by atoms with E-state index in [4.69, 9.17) is 9.39 Å². The van der Waals surface area contributed by atoms with E-state index in [1.165, 1.54) is 0 Å². The smallest absolute Gasteiger partial charge is 0.522 e. The Hall–Kier alpha value is -2.17. The zero-order chi connectivity index (χ0) is 17.4. The lowest BCUT2D eigenvalue weighted by Gasteiger charge is -2.37. The molecule has 0 atom stereocenters. The first-order valence-corrected chi connectivity index (χ1v) is 8.69. The minimum Gasteiger partial charge on any atom is -0.535 e. The number of hydrogen-bond acceptors (Lipinski definition) is 7. The van der Waals surface area contributed by atoms with Crippen molar-refractivity contribution in [2.75, 3.05) is 13.1 Å². The van der Waals surface area contributed by atoms with Gasteiger partial charge in [-0.05, 0) is 36.3 Å². The second-order valence-electron chi connectivity index (χ2n) is 5.94. The second-order valence-corrected chi connectivity index (χ2v) is 7.08. The van der Waals surface area contributed by atoms with Crippen molar-refractivity contribution in [1.29, 1.82) is 0 Å². The number of aromatic carboxylic acids is 1. The third-order valence-electron chi connectivity index (χ3n) is 4.14. The number of benzene rings is 1. The van der Waals surface area contributed by atoms with Gasteiger partial charge in [0.25, 0.3) is 0 Å². The quantitative estimate of drug-likeness (QED) is 0.540. The van der Waals surface area contributed by atoms with E-state index in [1.54, 1.807) is 36.6 Å². The molecule has 1 fully saturated rings. The molecule has 0 amide bonds. The fourth-order valence-corrected chi connectivity index (χ4v) is 3.85. The number of aryl methyl sites for hydroxylation is 1. The number of carboxylic acids is 1. The first-order valence-electron chi connectivity index (χ1n) is 7.92. The van der Waals surface area contributed by atoms with E-state index in [1.807, 2.05) is 0 Å². The van der Waals surface area contributed by atoms with E-state index in [-0.39, 0.29) is 23.2 Å². The lowest BCUT2D eigenvalue weighted by Crippen LogP contribution is -2.50. The van der Waals surface area contributed by atoms with Crippen LogP contribution in [0.15, 0.2) is 29.7 Å². The van der Waals surface area contributed by atoms with Crippen LogP contribution in [0.2, 0.25) is 6.32 Å². The highest BCUT2D eigenvalue weighted by Gasteiger charge is 2.34. The van der Waals surface area contributed by atoms with Crippen molar-refractivity contribution in [2.45, 2.75) is 23.9 Å². The summed E-state index contributed by atoms with van der Waals surface area (Å²) in [5, 5.41) is 20.2. The average Bonchev–Trinajstić information content (AvgIpc) is 3.05. The van der Waals surface area contributed by atoms with Gasteiger partial charge >= 0.3 is 13.1 Å². The van der Waals surface area contributed by atoms with Crippen LogP contribution in [0.1, 0.15) is 15.9 Å². The maximum Gasteiger partial charge on any atom is 0.522 e. The predicted molar refractivity (Wildman–Crippen MR) is 90.9 cm³/mol. The maximum atomic E-state index is 11.7. The minimum atomic E-state index is -1.12. The van der Waals surface area contributed by atoms with Crippen LogP contribution in [0.3, 0.4) is 0 Å². The van der Waals surface area contributed by atoms with Crippen LogP contribution in [0.4, 0.5) is 0 Å². The molecule has 130 valence electrons. The molecule has 0 spiro atoms. The van der Waals surface area contributed by atoms with Crippen molar-refractivity contribution in [2.24, 2.45) is 0 Å². The summed E-state index contributed by atoms with van der Waals surface area (Å²) in [5.41, 5.74) is 0.760. The molecule has 2 aliphatic rings. The number of rotatable bonds is 5. The van der Waals surface area contributed by atoms with Gasteiger partial charge in [-0.25, -0.2) is 14.1 Å². The Labute approximate surface area is 148 Å². The van der Waals surface area contributed by atoms with Crippen LogP contribution in [0, 0.1) is 0 Å². The number of aromatic amines is 1. The SMILES string of the molecule is O=C(O)c1c(OC2CN(Sc3cnc[nH]3)C2)ccc2c1OB(O)CC2. The van der Waals surface area contributed by atoms with Gasteiger partial charge in [0.2, 0.25) is 0 Å². The van der Waals surface area contributed by atoms with Gasteiger partial charge < -0.3 is 24.5 Å². The summed E-state index contributed by atoms with van der Waals surface area (Å²) in [6.07, 6.45) is 4.30. The van der Waals surface area contributed by atoms with Crippen LogP contribution in [0.25, 0.3) is 0 Å². The maximum absolute atomic E-state index is 11.7. The Balaban J connectivity index is 1.46. The molecule has 1 saturated heterocycles. The van der Waals surface area contributed by atoms with Gasteiger partial charge in [-0.3, -0.25) is 0 Å². The van der Waals surface area contributed by atoms with Gasteiger partial charge in [0, 0.05) is 13.1 Å². The van der Waals surface area contributed by atoms with E-state index in [2.05, 4.69) is 14.3 Å². The van der Waals surface area contributed by atoms with Crippen molar-refractivity contribution in [1.82, 2.24) is 14.3 Å². The zero-order valence-electron chi connectivity index (χ0n) is 13.2. The van der Waals surface area contributed by atoms with Gasteiger partial charge in [-0.1, -0.05) is 6.07 Å². The normalized spacial score (nSPS) is 17.6. The van der Waals surface area contributed by atoms with Crippen LogP contribution in [0.5, 0.6) is 11.5 Å². The summed E-state index contributed by atoms with van der Waals surface area (Å²) in [6, 6.07) is 3.48. The lowest BCUT2D eigenvalue weighted by atomic mass is 9.78. The predicted octanol–water partition coefficient (Wildman–Crippen LogP) is 1.29. The number of carboxylic acid groups (broad SMARTS) is 1. The van der Waals surface area contributed by atoms with E-state index < -0.39 is 13.1 Å². The van der Waals surface area contributed by atoms with Crippen molar-refractivity contribution in [3.8, 4) is 11.5 Å². The van der Waals surface area contributed by atoms with Crippen LogP contribution < -0.4 is 9.39 Å². The largest absolute Gasteiger partial charge is 0.535 e. The minimum absolute atomic E-state index is 0.0177. The molecule has 0 aliphatic carbocycles. The summed E-state index contributed by atoms with van der Waals surface area (Å²) in [5.74, 6) is -0.632. The number of hydrogen-bond donors (Lipinski definition) is 3. The van der Waals surface area contributed by atoms with E-state index in [9.17, 15) is 14.9 Å². The highest BCUT2D eigenvalue weighted by Crippen LogP contribution is 2.38. The topological polar surface area (TPSA) is 108 Å². The van der Waals surface area contributed by atoms with Gasteiger partial charge in [0.15, 0.2) is 0 Å². The van der Waals surface area contributed by atoms with Crippen molar-refractivity contribution < 1.29 is 24.3 Å². The number of aromatic nitrogens is 2. The molecule has 8 nitrogen and oxygen atoms in total. The summed E-state index contributed by atoms with van der Waals surface area (Å²) < 4.78 is 13.3. The number of carbonyl (C=O) groups is 1. The third-order valence-corrected chi connectivity index (χ3v) is 5.11. The van der Waals surface area contributed by atoms with E-state index >= 15 is 0 Å². The summed E-state index contributed by atoms with van der Waals surface area (Å²) in [7, 11) is -0.981. The molecule has 1 aromatic heterocycles. The van der Waals surface area contributed by atoms with Gasteiger partial charge in [0.1, 0.15) is 28.2 Å². The lowest BCUT2D eigenvalue weighted by molar-refractivity contribution is 0.0651. The molecule has 3 heterocycles. The molecule has 0 bridgehead atoms. The molecule has 0 radical (unpaired) electrons. The fourth-order valence-electron chi connectivity index (χ4n) is 2.88. The molecule has 10 heteroatoms. The molecule has 25 heavy (non-hydrogen) atoms. The third kappa shape index (κ3) is 3.32. The molecular formula is C15H16BN3O5S. The monoisotopic (exact) mass is 361 g/mol. The number of nitrogens with one attached hydrogen (secondary N) is 1. The summed E-state index contributed by atoms with van der Waals surface area (Å²) in [6.45, 7) is 1.34. The molecule has 1 aromatic carbocycles. The number of imidazole rings is 1. The first kappa shape index (κ1) is 16.3. The van der Waals surface area contributed by atoms with Crippen LogP contribution in [-0.2, 0) is 6.42 Å². The van der Waals surface area contributed by atoms with Gasteiger partial charge in [-0.2, -0.15) is 0 Å². The number of ether oxygens (including phenoxy) is 1. The molecule has 0 unspecified atom stereocenters. The Bertz CT molecular complexity index is 782. The Morgan fingerprint density at radius 2 is 2.32 bits per heavy atom. The van der Waals surface area contributed by atoms with Crippen molar-refractivity contribution >= 4 is 25.0 Å². The Morgan fingerprint density at radius 1 is 1.48 bits per heavy atom. The van der Waals surface area contributed by atoms with Crippen molar-refractivity contribution in [3.63, 3.8) is 0 Å². The molecule has 4 rings (SSSR count). The average molecular weight is 361 g/mol. The second kappa shape index (κ2) is 6.62. The summed E-state index contributed by atoms with van der Waals surface area (Å²) in [4.78, 5) is 18.7. The van der Waals surface area contributed by atoms with Crippen molar-refractivity contribution in [3.05, 3.63) is 35.8 Å². The zero-order valence-corrected chi connectivity index (χ0v) is 14.0. The molecular weight excluding hydrogens is 345 g/mol. The molecule has 2 aliphatic heterocycles. The van der Waals surface area contributed by atoms with E-state index in [0.29, 0.717) is 25.8 Å². The molecule has 2 aromatic rings. The molecule has 3 N–H and O–H groups in total. The van der Waals surface area contributed by atoms with Gasteiger partial charge in [0.05, 0.1) is 12.5 Å². The highest BCUT2D eigenvalue weighted by atomic mass is 32.2. The fraction of sp³-hybridized carbons (Fsp3) is 0.333.